The molecule has 2 amide bonds. The molecular formula is C16H23F3N2O2. The van der Waals surface area contributed by atoms with E-state index in [1.165, 1.54) is 6.07 Å². The molecule has 0 fully saturated rings. The number of rotatable bonds is 6. The van der Waals surface area contributed by atoms with Gasteiger partial charge in [-0.2, -0.15) is 13.2 Å². The lowest BCUT2D eigenvalue weighted by Crippen LogP contribution is -2.40. The predicted octanol–water partition coefficient (Wildman–Crippen LogP) is 3.47. The van der Waals surface area contributed by atoms with E-state index in [-0.39, 0.29) is 12.5 Å². The van der Waals surface area contributed by atoms with Crippen molar-refractivity contribution in [3.05, 3.63) is 35.4 Å². The van der Waals surface area contributed by atoms with E-state index in [9.17, 15) is 18.0 Å². The molecule has 130 valence electrons. The van der Waals surface area contributed by atoms with Gasteiger partial charge in [0.15, 0.2) is 0 Å². The van der Waals surface area contributed by atoms with Crippen molar-refractivity contribution in [1.29, 1.82) is 0 Å². The maximum absolute atomic E-state index is 12.8. The number of benzene rings is 1. The third-order valence-electron chi connectivity index (χ3n) is 3.37. The van der Waals surface area contributed by atoms with E-state index >= 15 is 0 Å². The van der Waals surface area contributed by atoms with Crippen LogP contribution < -0.4 is 10.6 Å². The first-order valence-electron chi connectivity index (χ1n) is 7.51. The third-order valence-corrected chi connectivity index (χ3v) is 3.37. The summed E-state index contributed by atoms with van der Waals surface area (Å²) in [6, 6.07) is 3.95. The average Bonchev–Trinajstić information content (AvgIpc) is 2.43. The Morgan fingerprint density at radius 2 is 1.91 bits per heavy atom. The van der Waals surface area contributed by atoms with Crippen molar-refractivity contribution >= 4 is 6.03 Å². The number of hydrogen-bond donors (Lipinski definition) is 3. The Morgan fingerprint density at radius 3 is 2.43 bits per heavy atom. The molecule has 0 aromatic heterocycles. The number of nitrogens with one attached hydrogen (secondary N) is 2. The number of amides is 2. The van der Waals surface area contributed by atoms with Gasteiger partial charge in [0.05, 0.1) is 17.7 Å². The van der Waals surface area contributed by atoms with E-state index in [2.05, 4.69) is 10.6 Å². The second-order valence-corrected chi connectivity index (χ2v) is 5.88. The number of urea groups is 1. The smallest absolute Gasteiger partial charge is 0.393 e. The summed E-state index contributed by atoms with van der Waals surface area (Å²) in [6.07, 6.45) is -4.54. The van der Waals surface area contributed by atoms with Crippen LogP contribution in [0.3, 0.4) is 0 Å². The molecule has 0 aliphatic heterocycles. The highest BCUT2D eigenvalue weighted by atomic mass is 19.4. The normalized spacial score (nSPS) is 14.4. The number of hydrogen-bond acceptors (Lipinski definition) is 2. The van der Waals surface area contributed by atoms with Crippen molar-refractivity contribution < 1.29 is 23.1 Å². The standard InChI is InChI=1S/C16H23F3N2O2/c1-10(2)14(21-15(23)20-8-7-11(3)22)12-5-4-6-13(9-12)16(17,18)19/h4-6,9-11,14,22H,7-8H2,1-3H3,(H2,20,21,23). The highest BCUT2D eigenvalue weighted by molar-refractivity contribution is 5.74. The van der Waals surface area contributed by atoms with Gasteiger partial charge in [-0.15, -0.1) is 0 Å². The minimum absolute atomic E-state index is 0.0824. The van der Waals surface area contributed by atoms with Crippen molar-refractivity contribution in [3.63, 3.8) is 0 Å². The Hall–Kier alpha value is -1.76. The molecule has 2 unspecified atom stereocenters. The molecule has 2 atom stereocenters. The molecule has 4 nitrogen and oxygen atoms in total. The van der Waals surface area contributed by atoms with Gasteiger partial charge in [0.25, 0.3) is 0 Å². The second-order valence-electron chi connectivity index (χ2n) is 5.88. The maximum atomic E-state index is 12.8. The molecule has 1 aromatic carbocycles. The third kappa shape index (κ3) is 6.48. The van der Waals surface area contributed by atoms with Gasteiger partial charge >= 0.3 is 12.2 Å². The van der Waals surface area contributed by atoms with Crippen molar-refractivity contribution in [3.8, 4) is 0 Å². The Bertz CT molecular complexity index is 516. The fourth-order valence-corrected chi connectivity index (χ4v) is 2.13. The molecule has 0 spiro atoms. The lowest BCUT2D eigenvalue weighted by molar-refractivity contribution is -0.137. The van der Waals surface area contributed by atoms with Crippen LogP contribution in [0.25, 0.3) is 0 Å². The van der Waals surface area contributed by atoms with Gasteiger partial charge in [-0.3, -0.25) is 0 Å². The van der Waals surface area contributed by atoms with Crippen LogP contribution in [0.5, 0.6) is 0 Å². The lowest BCUT2D eigenvalue weighted by Gasteiger charge is -2.24. The van der Waals surface area contributed by atoms with Crippen LogP contribution in [0.1, 0.15) is 44.4 Å². The first kappa shape index (κ1) is 19.3. The highest BCUT2D eigenvalue weighted by Gasteiger charge is 2.31. The summed E-state index contributed by atoms with van der Waals surface area (Å²) in [6.45, 7) is 5.54. The van der Waals surface area contributed by atoms with E-state index in [1.807, 2.05) is 13.8 Å². The predicted molar refractivity (Wildman–Crippen MR) is 81.9 cm³/mol. The lowest BCUT2D eigenvalue weighted by atomic mass is 9.94. The van der Waals surface area contributed by atoms with E-state index in [1.54, 1.807) is 13.0 Å². The Balaban J connectivity index is 2.81. The summed E-state index contributed by atoms with van der Waals surface area (Å²) >= 11 is 0. The van der Waals surface area contributed by atoms with Gasteiger partial charge in [-0.05, 0) is 37.0 Å². The van der Waals surface area contributed by atoms with Crippen LogP contribution in [0.4, 0.5) is 18.0 Å². The molecule has 3 N–H and O–H groups in total. The van der Waals surface area contributed by atoms with Crippen molar-refractivity contribution in [1.82, 2.24) is 10.6 Å². The zero-order valence-electron chi connectivity index (χ0n) is 13.4. The molecule has 1 rings (SSSR count). The van der Waals surface area contributed by atoms with Gasteiger partial charge in [0.1, 0.15) is 0 Å². The fourth-order valence-electron chi connectivity index (χ4n) is 2.13. The van der Waals surface area contributed by atoms with Gasteiger partial charge in [0, 0.05) is 6.54 Å². The second kappa shape index (κ2) is 8.19. The topological polar surface area (TPSA) is 61.4 Å². The largest absolute Gasteiger partial charge is 0.416 e. The van der Waals surface area contributed by atoms with Gasteiger partial charge in [-0.1, -0.05) is 26.0 Å². The number of aliphatic hydroxyl groups is 1. The highest BCUT2D eigenvalue weighted by Crippen LogP contribution is 2.32. The van der Waals surface area contributed by atoms with Crippen LogP contribution in [0.15, 0.2) is 24.3 Å². The van der Waals surface area contributed by atoms with E-state index < -0.39 is 29.9 Å². The van der Waals surface area contributed by atoms with Crippen LogP contribution in [-0.2, 0) is 6.18 Å². The van der Waals surface area contributed by atoms with Crippen molar-refractivity contribution in [2.75, 3.05) is 6.54 Å². The minimum Gasteiger partial charge on any atom is -0.393 e. The van der Waals surface area contributed by atoms with Crippen LogP contribution in [0.2, 0.25) is 0 Å². The quantitative estimate of drug-likeness (QED) is 0.747. The molecule has 0 heterocycles. The van der Waals surface area contributed by atoms with Gasteiger partial charge < -0.3 is 15.7 Å². The summed E-state index contributed by atoms with van der Waals surface area (Å²) in [7, 11) is 0. The average molecular weight is 332 g/mol. The molecule has 0 radical (unpaired) electrons. The Morgan fingerprint density at radius 1 is 1.26 bits per heavy atom. The number of aliphatic hydroxyl groups excluding tert-OH is 1. The van der Waals surface area contributed by atoms with Crippen LogP contribution >= 0.6 is 0 Å². The molecule has 0 aliphatic rings. The zero-order chi connectivity index (χ0) is 17.6. The first-order chi connectivity index (χ1) is 10.6. The number of carbonyl (C=O) groups is 1. The van der Waals surface area contributed by atoms with Crippen molar-refractivity contribution in [2.45, 2.75) is 45.5 Å². The van der Waals surface area contributed by atoms with Gasteiger partial charge in [0.2, 0.25) is 0 Å². The zero-order valence-corrected chi connectivity index (χ0v) is 13.4. The molecule has 0 aliphatic carbocycles. The minimum atomic E-state index is -4.42. The number of halogens is 3. The molecule has 0 bridgehead atoms. The fraction of sp³-hybridized carbons (Fsp3) is 0.562. The van der Waals surface area contributed by atoms with E-state index in [4.69, 9.17) is 5.11 Å². The molecule has 0 saturated carbocycles. The summed E-state index contributed by atoms with van der Waals surface area (Å²) in [4.78, 5) is 11.9. The molecule has 23 heavy (non-hydrogen) atoms. The SMILES string of the molecule is CC(O)CCNC(=O)NC(c1cccc(C(F)(F)F)c1)C(C)C. The van der Waals surface area contributed by atoms with Crippen LogP contribution in [-0.4, -0.2) is 23.8 Å². The molecule has 1 aromatic rings. The Labute approximate surface area is 134 Å². The van der Waals surface area contributed by atoms with E-state index in [0.29, 0.717) is 12.0 Å². The maximum Gasteiger partial charge on any atom is 0.416 e. The van der Waals surface area contributed by atoms with Gasteiger partial charge in [-0.25, -0.2) is 4.79 Å². The molecular weight excluding hydrogens is 309 g/mol. The monoisotopic (exact) mass is 332 g/mol. The summed E-state index contributed by atoms with van der Waals surface area (Å²) in [5, 5.41) is 14.4. The summed E-state index contributed by atoms with van der Waals surface area (Å²) in [5.74, 6) is -0.0824. The van der Waals surface area contributed by atoms with Crippen LogP contribution in [0, 0.1) is 5.92 Å². The number of alkyl halides is 3. The molecule has 0 saturated heterocycles. The van der Waals surface area contributed by atoms with E-state index in [0.717, 1.165) is 12.1 Å². The summed E-state index contributed by atoms with van der Waals surface area (Å²) < 4.78 is 38.4. The first-order valence-corrected chi connectivity index (χ1v) is 7.51. The Kier molecular flexibility index (Phi) is 6.87. The van der Waals surface area contributed by atoms with Crippen molar-refractivity contribution in [2.24, 2.45) is 5.92 Å². The summed E-state index contributed by atoms with van der Waals surface area (Å²) in [5.41, 5.74) is -0.336. The number of carbonyl (C=O) groups excluding carboxylic acids is 1. The molecule has 7 heteroatoms.